The first-order valence-electron chi connectivity index (χ1n) is 5.97. The summed E-state index contributed by atoms with van der Waals surface area (Å²) in [6.07, 6.45) is -4.47. The summed E-state index contributed by atoms with van der Waals surface area (Å²) < 4.78 is 38.4. The van der Waals surface area contributed by atoms with Crippen molar-refractivity contribution in [2.24, 2.45) is 0 Å². The lowest BCUT2D eigenvalue weighted by Gasteiger charge is -2.11. The van der Waals surface area contributed by atoms with Crippen molar-refractivity contribution < 1.29 is 18.0 Å². The number of halogens is 4. The Bertz CT molecular complexity index is 666. The maximum atomic E-state index is 12.7. The largest absolute Gasteiger partial charge is 0.416 e. The van der Waals surface area contributed by atoms with Gasteiger partial charge in [-0.1, -0.05) is 0 Å². The number of amides is 1. The minimum Gasteiger partial charge on any atom is -0.347 e. The highest BCUT2D eigenvalue weighted by Gasteiger charge is 2.31. The fourth-order valence-electron chi connectivity index (χ4n) is 1.72. The number of nitrogens with one attached hydrogen (secondary N) is 1. The summed E-state index contributed by atoms with van der Waals surface area (Å²) in [6.45, 7) is 2.21. The van der Waals surface area contributed by atoms with E-state index in [4.69, 9.17) is 0 Å². The zero-order valence-corrected chi connectivity index (χ0v) is 13.3. The Balaban J connectivity index is 2.17. The Morgan fingerprint density at radius 2 is 2.05 bits per heavy atom. The normalized spacial score (nSPS) is 11.5. The minimum absolute atomic E-state index is 0.0287. The number of aryl methyl sites for hydroxylation is 1. The fourth-order valence-corrected chi connectivity index (χ4v) is 2.99. The van der Waals surface area contributed by atoms with Gasteiger partial charge >= 0.3 is 6.18 Å². The second-order valence-electron chi connectivity index (χ2n) is 4.40. The molecule has 0 unspecified atom stereocenters. The predicted molar refractivity (Wildman–Crippen MR) is 79.4 cm³/mol. The van der Waals surface area contributed by atoms with Crippen LogP contribution in [0.25, 0.3) is 0 Å². The third-order valence-corrected chi connectivity index (χ3v) is 4.63. The zero-order valence-electron chi connectivity index (χ0n) is 10.9. The van der Waals surface area contributed by atoms with E-state index in [2.05, 4.69) is 21.2 Å². The Labute approximate surface area is 132 Å². The summed E-state index contributed by atoms with van der Waals surface area (Å²) >= 11 is 4.60. The summed E-state index contributed by atoms with van der Waals surface area (Å²) in [5, 5.41) is 4.54. The molecule has 2 rings (SSSR count). The maximum absolute atomic E-state index is 12.7. The second kappa shape index (κ2) is 6.19. The van der Waals surface area contributed by atoms with E-state index in [9.17, 15) is 18.0 Å². The molecule has 0 aliphatic heterocycles. The molecule has 1 aromatic carbocycles. The number of carbonyl (C=O) groups excluding carboxylic acids is 1. The molecule has 0 fully saturated rings. The number of thiophene rings is 1. The van der Waals surface area contributed by atoms with Gasteiger partial charge in [-0.2, -0.15) is 13.2 Å². The smallest absolute Gasteiger partial charge is 0.347 e. The highest BCUT2D eigenvalue weighted by Crippen LogP contribution is 2.31. The molecule has 112 valence electrons. The highest BCUT2D eigenvalue weighted by molar-refractivity contribution is 9.10. The third kappa shape index (κ3) is 3.85. The monoisotopic (exact) mass is 377 g/mol. The molecule has 0 saturated heterocycles. The lowest BCUT2D eigenvalue weighted by atomic mass is 10.1. The molecule has 0 saturated carbocycles. The van der Waals surface area contributed by atoms with Gasteiger partial charge in [0.2, 0.25) is 0 Å². The van der Waals surface area contributed by atoms with E-state index >= 15 is 0 Å². The molecule has 0 radical (unpaired) electrons. The topological polar surface area (TPSA) is 29.1 Å². The van der Waals surface area contributed by atoms with Crippen molar-refractivity contribution in [2.45, 2.75) is 19.6 Å². The number of benzene rings is 1. The van der Waals surface area contributed by atoms with Crippen molar-refractivity contribution in [3.8, 4) is 0 Å². The Morgan fingerprint density at radius 3 is 2.62 bits per heavy atom. The van der Waals surface area contributed by atoms with Gasteiger partial charge in [-0.05, 0) is 58.1 Å². The van der Waals surface area contributed by atoms with Gasteiger partial charge in [0, 0.05) is 9.35 Å². The molecule has 1 aromatic heterocycles. The predicted octanol–water partition coefficient (Wildman–Crippen LogP) is 4.77. The molecule has 0 atom stereocenters. The van der Waals surface area contributed by atoms with Gasteiger partial charge < -0.3 is 5.32 Å². The van der Waals surface area contributed by atoms with Crippen LogP contribution in [-0.2, 0) is 12.7 Å². The molecule has 1 heterocycles. The van der Waals surface area contributed by atoms with Crippen molar-refractivity contribution in [1.82, 2.24) is 5.32 Å². The van der Waals surface area contributed by atoms with E-state index < -0.39 is 17.6 Å². The van der Waals surface area contributed by atoms with Crippen LogP contribution in [0.1, 0.15) is 26.4 Å². The molecule has 0 aliphatic rings. The van der Waals surface area contributed by atoms with Gasteiger partial charge in [-0.15, -0.1) is 11.3 Å². The first-order chi connectivity index (χ1) is 9.79. The minimum atomic E-state index is -4.47. The Hall–Kier alpha value is -1.34. The third-order valence-electron chi connectivity index (χ3n) is 2.92. The van der Waals surface area contributed by atoms with Crippen LogP contribution in [0.4, 0.5) is 13.2 Å². The van der Waals surface area contributed by atoms with Gasteiger partial charge in [-0.3, -0.25) is 4.79 Å². The molecule has 7 heteroatoms. The summed E-state index contributed by atoms with van der Waals surface area (Å²) in [6, 6.07) is 4.94. The molecular weight excluding hydrogens is 367 g/mol. The van der Waals surface area contributed by atoms with E-state index in [0.29, 0.717) is 11.0 Å². The molecule has 2 aromatic rings. The van der Waals surface area contributed by atoms with E-state index in [1.54, 1.807) is 0 Å². The average molecular weight is 378 g/mol. The van der Waals surface area contributed by atoms with E-state index in [-0.39, 0.29) is 5.56 Å². The van der Waals surface area contributed by atoms with E-state index in [1.807, 2.05) is 18.4 Å². The first kappa shape index (κ1) is 16.0. The maximum Gasteiger partial charge on any atom is 0.416 e. The molecular formula is C14H11BrF3NOS. The number of rotatable bonds is 3. The van der Waals surface area contributed by atoms with E-state index in [1.165, 1.54) is 17.4 Å². The van der Waals surface area contributed by atoms with Crippen LogP contribution >= 0.6 is 27.3 Å². The SMILES string of the molecule is Cc1ccsc1CNC(=O)c1cc(C(F)(F)F)ccc1Br. The zero-order chi connectivity index (χ0) is 15.6. The van der Waals surface area contributed by atoms with Crippen molar-refractivity contribution in [3.05, 3.63) is 55.7 Å². The quantitative estimate of drug-likeness (QED) is 0.819. The standard InChI is InChI=1S/C14H11BrF3NOS/c1-8-4-5-21-12(8)7-19-13(20)10-6-9(14(16,17)18)2-3-11(10)15/h2-6H,7H2,1H3,(H,19,20). The Morgan fingerprint density at radius 1 is 1.33 bits per heavy atom. The lowest BCUT2D eigenvalue weighted by molar-refractivity contribution is -0.137. The number of hydrogen-bond acceptors (Lipinski definition) is 2. The van der Waals surface area contributed by atoms with Crippen LogP contribution in [0.15, 0.2) is 34.1 Å². The summed E-state index contributed by atoms with van der Waals surface area (Å²) in [7, 11) is 0. The summed E-state index contributed by atoms with van der Waals surface area (Å²) in [5.41, 5.74) is 0.172. The van der Waals surface area contributed by atoms with Crippen LogP contribution in [-0.4, -0.2) is 5.91 Å². The molecule has 1 amide bonds. The van der Waals surface area contributed by atoms with Gasteiger partial charge in [0.1, 0.15) is 0 Å². The van der Waals surface area contributed by atoms with Crippen molar-refractivity contribution in [3.63, 3.8) is 0 Å². The van der Waals surface area contributed by atoms with Crippen LogP contribution in [0.5, 0.6) is 0 Å². The molecule has 21 heavy (non-hydrogen) atoms. The first-order valence-corrected chi connectivity index (χ1v) is 7.64. The summed E-state index contributed by atoms with van der Waals surface area (Å²) in [4.78, 5) is 13.0. The van der Waals surface area contributed by atoms with Crippen molar-refractivity contribution in [1.29, 1.82) is 0 Å². The van der Waals surface area contributed by atoms with Crippen LogP contribution in [0, 0.1) is 6.92 Å². The molecule has 2 nitrogen and oxygen atoms in total. The van der Waals surface area contributed by atoms with Crippen LogP contribution in [0.2, 0.25) is 0 Å². The lowest BCUT2D eigenvalue weighted by Crippen LogP contribution is -2.23. The van der Waals surface area contributed by atoms with E-state index in [0.717, 1.165) is 22.6 Å². The van der Waals surface area contributed by atoms with Gasteiger partial charge in [0.05, 0.1) is 17.7 Å². The van der Waals surface area contributed by atoms with Crippen molar-refractivity contribution in [2.75, 3.05) is 0 Å². The molecule has 0 spiro atoms. The van der Waals surface area contributed by atoms with Crippen LogP contribution < -0.4 is 5.32 Å². The number of alkyl halides is 3. The highest BCUT2D eigenvalue weighted by atomic mass is 79.9. The molecule has 1 N–H and O–H groups in total. The molecule has 0 aliphatic carbocycles. The Kier molecular flexibility index (Phi) is 4.73. The number of carbonyl (C=O) groups is 1. The van der Waals surface area contributed by atoms with Crippen molar-refractivity contribution >= 4 is 33.2 Å². The van der Waals surface area contributed by atoms with Gasteiger partial charge in [0.25, 0.3) is 5.91 Å². The summed E-state index contributed by atoms with van der Waals surface area (Å²) in [5.74, 6) is -0.541. The fraction of sp³-hybridized carbons (Fsp3) is 0.214. The molecule has 0 bridgehead atoms. The average Bonchev–Trinajstić information content (AvgIpc) is 2.80. The van der Waals surface area contributed by atoms with Gasteiger partial charge in [0.15, 0.2) is 0 Å². The van der Waals surface area contributed by atoms with Gasteiger partial charge in [-0.25, -0.2) is 0 Å². The number of hydrogen-bond donors (Lipinski definition) is 1. The second-order valence-corrected chi connectivity index (χ2v) is 6.26. The van der Waals surface area contributed by atoms with Crippen LogP contribution in [0.3, 0.4) is 0 Å².